The van der Waals surface area contributed by atoms with Gasteiger partial charge in [-0.25, -0.2) is 13.4 Å². The highest BCUT2D eigenvalue weighted by molar-refractivity contribution is 7.91. The molecule has 0 unspecified atom stereocenters. The number of hydrogen-bond donors (Lipinski definition) is 1. The number of carbonyl (C=O) groups is 1. The highest BCUT2D eigenvalue weighted by Gasteiger charge is 2.33. The maximum absolute atomic E-state index is 12.8. The van der Waals surface area contributed by atoms with Crippen molar-refractivity contribution in [1.29, 1.82) is 0 Å². The summed E-state index contributed by atoms with van der Waals surface area (Å²) in [5.74, 6) is 0.0938. The number of nitrogens with zero attached hydrogens (tertiary/aromatic N) is 2. The molecule has 1 N–H and O–H groups in total. The summed E-state index contributed by atoms with van der Waals surface area (Å²) in [4.78, 5) is 17.1. The quantitative estimate of drug-likeness (QED) is 0.701. The van der Waals surface area contributed by atoms with Gasteiger partial charge in [0.2, 0.25) is 11.8 Å². The van der Waals surface area contributed by atoms with Crippen molar-refractivity contribution in [2.24, 2.45) is 5.92 Å². The van der Waals surface area contributed by atoms with Gasteiger partial charge in [0, 0.05) is 31.4 Å². The third-order valence-corrected chi connectivity index (χ3v) is 8.97. The summed E-state index contributed by atoms with van der Waals surface area (Å²) in [7, 11) is -3.53. The lowest BCUT2D eigenvalue weighted by atomic mass is 9.99. The van der Waals surface area contributed by atoms with Gasteiger partial charge in [-0.1, -0.05) is 12.1 Å². The van der Waals surface area contributed by atoms with Crippen molar-refractivity contribution in [3.63, 3.8) is 0 Å². The Morgan fingerprint density at radius 3 is 2.80 bits per heavy atom. The Balaban J connectivity index is 1.36. The van der Waals surface area contributed by atoms with E-state index in [4.69, 9.17) is 4.74 Å². The summed E-state index contributed by atoms with van der Waals surface area (Å²) in [5, 5.41) is 4.71. The fourth-order valence-corrected chi connectivity index (χ4v) is 6.74. The van der Waals surface area contributed by atoms with Crippen LogP contribution in [0.2, 0.25) is 0 Å². The van der Waals surface area contributed by atoms with Gasteiger partial charge in [-0.2, -0.15) is 4.31 Å². The summed E-state index contributed by atoms with van der Waals surface area (Å²) >= 11 is 1.20. The molecule has 1 aliphatic heterocycles. The van der Waals surface area contributed by atoms with E-state index in [1.807, 2.05) is 12.1 Å². The standard InChI is InChI=1S/C21H27N3O4S2/c25-20(17-7-4-12-24(15-17)30(26,27)19-10-5-13-29-19)23-14-16-6-3-11-22-21(16)28-18-8-1-2-9-18/h3,5-6,10-11,13,17-18H,1-2,4,7-9,12,14-15H2,(H,23,25)/t17-/m0/s1. The minimum atomic E-state index is -3.53. The van der Waals surface area contributed by atoms with Crippen molar-refractivity contribution in [2.75, 3.05) is 13.1 Å². The molecule has 4 rings (SSSR count). The van der Waals surface area contributed by atoms with Crippen LogP contribution in [0.25, 0.3) is 0 Å². The Morgan fingerprint density at radius 2 is 2.03 bits per heavy atom. The molecule has 1 saturated carbocycles. The number of carbonyl (C=O) groups excluding carboxylic acids is 1. The second-order valence-electron chi connectivity index (χ2n) is 7.84. The molecule has 2 aromatic rings. The van der Waals surface area contributed by atoms with Gasteiger partial charge in [-0.15, -0.1) is 11.3 Å². The van der Waals surface area contributed by atoms with Crippen LogP contribution < -0.4 is 10.1 Å². The molecule has 1 aliphatic carbocycles. The number of nitrogens with one attached hydrogen (secondary N) is 1. The number of amides is 1. The number of hydrogen-bond acceptors (Lipinski definition) is 6. The highest BCUT2D eigenvalue weighted by Crippen LogP contribution is 2.27. The van der Waals surface area contributed by atoms with Crippen LogP contribution in [-0.2, 0) is 21.4 Å². The smallest absolute Gasteiger partial charge is 0.252 e. The Bertz CT molecular complexity index is 956. The molecule has 9 heteroatoms. The van der Waals surface area contributed by atoms with E-state index in [0.29, 0.717) is 36.0 Å². The van der Waals surface area contributed by atoms with Gasteiger partial charge in [0.1, 0.15) is 10.3 Å². The van der Waals surface area contributed by atoms with Gasteiger partial charge >= 0.3 is 0 Å². The Morgan fingerprint density at radius 1 is 1.20 bits per heavy atom. The molecule has 1 amide bonds. The molecule has 2 aromatic heterocycles. The zero-order chi connectivity index (χ0) is 21.0. The molecule has 0 spiro atoms. The normalized spacial score (nSPS) is 20.9. The Hall–Kier alpha value is -1.97. The second kappa shape index (κ2) is 9.45. The summed E-state index contributed by atoms with van der Waals surface area (Å²) < 4.78 is 33.4. The molecule has 30 heavy (non-hydrogen) atoms. The molecule has 2 fully saturated rings. The summed E-state index contributed by atoms with van der Waals surface area (Å²) in [6.07, 6.45) is 7.68. The van der Waals surface area contributed by atoms with Crippen molar-refractivity contribution in [3.05, 3.63) is 41.4 Å². The molecule has 1 atom stereocenters. The molecule has 162 valence electrons. The molecule has 0 aromatic carbocycles. The number of thiophene rings is 1. The summed E-state index contributed by atoms with van der Waals surface area (Å²) in [6.45, 7) is 0.986. The van der Waals surface area contributed by atoms with Crippen LogP contribution in [0, 0.1) is 5.92 Å². The van der Waals surface area contributed by atoms with Gasteiger partial charge in [0.25, 0.3) is 10.0 Å². The SMILES string of the molecule is O=C(NCc1cccnc1OC1CCCC1)[C@H]1CCCN(S(=O)(=O)c2cccs2)C1. The fraction of sp³-hybridized carbons (Fsp3) is 0.524. The third kappa shape index (κ3) is 4.84. The molecule has 7 nitrogen and oxygen atoms in total. The maximum atomic E-state index is 12.8. The van der Waals surface area contributed by atoms with Gasteiger partial charge < -0.3 is 10.1 Å². The molecular weight excluding hydrogens is 422 g/mol. The summed E-state index contributed by atoms with van der Waals surface area (Å²) in [6, 6.07) is 7.08. The van der Waals surface area contributed by atoms with E-state index in [2.05, 4.69) is 10.3 Å². The van der Waals surface area contributed by atoms with Crippen LogP contribution in [0.1, 0.15) is 44.1 Å². The zero-order valence-electron chi connectivity index (χ0n) is 16.8. The Kier molecular flexibility index (Phi) is 6.70. The number of ether oxygens (including phenoxy) is 1. The summed E-state index contributed by atoms with van der Waals surface area (Å²) in [5.41, 5.74) is 0.844. The van der Waals surface area contributed by atoms with Crippen molar-refractivity contribution in [1.82, 2.24) is 14.6 Å². The molecule has 0 bridgehead atoms. The maximum Gasteiger partial charge on any atom is 0.252 e. The lowest BCUT2D eigenvalue weighted by Crippen LogP contribution is -2.45. The van der Waals surface area contributed by atoms with Crippen LogP contribution >= 0.6 is 11.3 Å². The van der Waals surface area contributed by atoms with Gasteiger partial charge in [0.05, 0.1) is 5.92 Å². The first kappa shape index (κ1) is 21.3. The van der Waals surface area contributed by atoms with Crippen LogP contribution in [0.5, 0.6) is 5.88 Å². The number of sulfonamides is 1. The molecular formula is C21H27N3O4S2. The molecule has 1 saturated heterocycles. The number of pyridine rings is 1. The lowest BCUT2D eigenvalue weighted by molar-refractivity contribution is -0.126. The molecule has 0 radical (unpaired) electrons. The average molecular weight is 450 g/mol. The highest BCUT2D eigenvalue weighted by atomic mass is 32.2. The van der Waals surface area contributed by atoms with E-state index in [9.17, 15) is 13.2 Å². The minimum Gasteiger partial charge on any atom is -0.474 e. The topological polar surface area (TPSA) is 88.6 Å². The fourth-order valence-electron chi connectivity index (χ4n) is 4.07. The first-order valence-corrected chi connectivity index (χ1v) is 12.8. The third-order valence-electron chi connectivity index (χ3n) is 5.73. The van der Waals surface area contributed by atoms with Crippen LogP contribution in [0.15, 0.2) is 40.1 Å². The first-order chi connectivity index (χ1) is 14.5. The van der Waals surface area contributed by atoms with E-state index in [0.717, 1.165) is 18.4 Å². The number of piperidine rings is 1. The predicted molar refractivity (Wildman–Crippen MR) is 115 cm³/mol. The Labute approximate surface area is 181 Å². The van der Waals surface area contributed by atoms with Crippen LogP contribution in [-0.4, -0.2) is 42.8 Å². The van der Waals surface area contributed by atoms with Gasteiger partial charge in [-0.3, -0.25) is 4.79 Å². The second-order valence-corrected chi connectivity index (χ2v) is 11.0. The van der Waals surface area contributed by atoms with Crippen molar-refractivity contribution >= 4 is 27.3 Å². The van der Waals surface area contributed by atoms with E-state index < -0.39 is 10.0 Å². The number of rotatable bonds is 7. The lowest BCUT2D eigenvalue weighted by Gasteiger charge is -2.30. The zero-order valence-corrected chi connectivity index (χ0v) is 18.5. The van der Waals surface area contributed by atoms with Gasteiger partial charge in [0.15, 0.2) is 0 Å². The first-order valence-electron chi connectivity index (χ1n) is 10.5. The van der Waals surface area contributed by atoms with E-state index >= 15 is 0 Å². The van der Waals surface area contributed by atoms with Crippen molar-refractivity contribution in [2.45, 2.75) is 55.4 Å². The van der Waals surface area contributed by atoms with Crippen LogP contribution in [0.4, 0.5) is 0 Å². The van der Waals surface area contributed by atoms with Crippen LogP contribution in [0.3, 0.4) is 0 Å². The van der Waals surface area contributed by atoms with E-state index in [1.54, 1.807) is 23.7 Å². The van der Waals surface area contributed by atoms with E-state index in [1.165, 1.54) is 28.5 Å². The van der Waals surface area contributed by atoms with E-state index in [-0.39, 0.29) is 24.5 Å². The largest absolute Gasteiger partial charge is 0.474 e. The van der Waals surface area contributed by atoms with Crippen molar-refractivity contribution < 1.29 is 17.9 Å². The van der Waals surface area contributed by atoms with Gasteiger partial charge in [-0.05, 0) is 56.0 Å². The predicted octanol–water partition coefficient (Wildman–Crippen LogP) is 3.18. The molecule has 3 heterocycles. The monoisotopic (exact) mass is 449 g/mol. The van der Waals surface area contributed by atoms with Crippen molar-refractivity contribution in [3.8, 4) is 5.88 Å². The number of aromatic nitrogens is 1. The minimum absolute atomic E-state index is 0.128. The molecule has 2 aliphatic rings. The average Bonchev–Trinajstić information content (AvgIpc) is 3.48.